The van der Waals surface area contributed by atoms with Gasteiger partial charge in [0.2, 0.25) is 5.88 Å². The Balaban J connectivity index is 2.65. The second-order valence-corrected chi connectivity index (χ2v) is 29.6. The van der Waals surface area contributed by atoms with Crippen LogP contribution in [0.5, 0.6) is 0 Å². The van der Waals surface area contributed by atoms with Crippen LogP contribution in [-0.4, -0.2) is 58.0 Å². The summed E-state index contributed by atoms with van der Waals surface area (Å²) < 4.78 is 21.2. The average Bonchev–Trinajstić information content (AvgIpc) is 2.99. The molecule has 1 aromatic heterocycles. The summed E-state index contributed by atoms with van der Waals surface area (Å²) in [7, 11) is -6.57. The summed E-state index contributed by atoms with van der Waals surface area (Å²) in [6, 6.07) is 1.48. The number of nitrogens with one attached hydrogen (secondary N) is 1. The van der Waals surface area contributed by atoms with E-state index in [0.29, 0.717) is 21.9 Å². The highest BCUT2D eigenvalue weighted by molar-refractivity contribution is 9.09. The molecule has 2 atom stereocenters. The van der Waals surface area contributed by atoms with E-state index in [2.05, 4.69) is 102 Å². The molecule has 0 bridgehead atoms. The fourth-order valence-corrected chi connectivity index (χ4v) is 8.21. The molecular formula is C24H44BrClN2O5Si3. The standard InChI is InChI=1S/C24H44BrClN2O5Si3/c1-23(2,3)35(9,10)31-14-16-20(33-36(11,12)24(4,5)6)19(26)21(32-16)28-18(34(7,8)15-25)13-17(29)27-22(28)30/h13,16,20H,14-15H2,1-12H3,(H,27,29,30)/t16-,20-/m1/s1. The number of nitrogens with zero attached hydrogens (tertiary/aromatic N) is 1. The Morgan fingerprint density at radius 2 is 1.56 bits per heavy atom. The lowest BCUT2D eigenvalue weighted by Gasteiger charge is -2.40. The monoisotopic (exact) mass is 638 g/mol. The molecule has 0 spiro atoms. The van der Waals surface area contributed by atoms with Gasteiger partial charge in [0.1, 0.15) is 19.2 Å². The van der Waals surface area contributed by atoms with Gasteiger partial charge < -0.3 is 13.6 Å². The first-order valence-corrected chi connectivity index (χ1v) is 22.9. The van der Waals surface area contributed by atoms with E-state index < -0.39 is 48.2 Å². The molecule has 0 radical (unpaired) electrons. The average molecular weight is 640 g/mol. The van der Waals surface area contributed by atoms with Crippen molar-refractivity contribution in [1.29, 1.82) is 0 Å². The highest BCUT2D eigenvalue weighted by Crippen LogP contribution is 2.43. The van der Waals surface area contributed by atoms with Crippen LogP contribution < -0.4 is 16.6 Å². The summed E-state index contributed by atoms with van der Waals surface area (Å²) in [6.45, 7) is 26.2. The number of halogens is 2. The topological polar surface area (TPSA) is 82.5 Å². The van der Waals surface area contributed by atoms with Gasteiger partial charge in [0.15, 0.2) is 22.7 Å². The van der Waals surface area contributed by atoms with E-state index in [-0.39, 0.29) is 16.0 Å². The molecule has 7 nitrogen and oxygen atoms in total. The lowest BCUT2D eigenvalue weighted by molar-refractivity contribution is 0.0332. The van der Waals surface area contributed by atoms with E-state index in [4.69, 9.17) is 25.2 Å². The van der Waals surface area contributed by atoms with Crippen LogP contribution >= 0.6 is 27.5 Å². The molecule has 12 heteroatoms. The normalized spacial score (nSPS) is 20.2. The first kappa shape index (κ1) is 31.8. The third kappa shape index (κ3) is 6.58. The molecule has 36 heavy (non-hydrogen) atoms. The number of ether oxygens (including phenoxy) is 1. The van der Waals surface area contributed by atoms with E-state index in [1.165, 1.54) is 10.6 Å². The molecule has 0 amide bonds. The van der Waals surface area contributed by atoms with Gasteiger partial charge >= 0.3 is 5.69 Å². The second kappa shape index (κ2) is 10.6. The number of rotatable bonds is 8. The predicted octanol–water partition coefficient (Wildman–Crippen LogP) is 5.56. The number of alkyl halides is 1. The van der Waals surface area contributed by atoms with Crippen molar-refractivity contribution in [2.75, 3.05) is 11.6 Å². The van der Waals surface area contributed by atoms with Crippen molar-refractivity contribution >= 4 is 63.4 Å². The Morgan fingerprint density at radius 3 is 2.03 bits per heavy atom. The minimum atomic E-state index is -2.26. The van der Waals surface area contributed by atoms with E-state index in [1.54, 1.807) is 0 Å². The zero-order valence-electron chi connectivity index (χ0n) is 23.9. The molecular weight excluding hydrogens is 596 g/mol. The van der Waals surface area contributed by atoms with Gasteiger partial charge in [-0.2, -0.15) is 0 Å². The fourth-order valence-electron chi connectivity index (χ4n) is 3.22. The largest absolute Gasteiger partial charge is 0.469 e. The molecule has 1 N–H and O–H groups in total. The second-order valence-electron chi connectivity index (χ2n) is 13.4. The molecule has 0 fully saturated rings. The number of aromatic amines is 1. The lowest BCUT2D eigenvalue weighted by atomic mass is 10.2. The summed E-state index contributed by atoms with van der Waals surface area (Å²) >= 11 is 10.6. The summed E-state index contributed by atoms with van der Waals surface area (Å²) in [5.41, 5.74) is -1.00. The van der Waals surface area contributed by atoms with Gasteiger partial charge in [-0.25, -0.2) is 9.36 Å². The molecule has 1 aliphatic rings. The van der Waals surface area contributed by atoms with Gasteiger partial charge in [0, 0.05) is 16.3 Å². The van der Waals surface area contributed by atoms with Gasteiger partial charge in [-0.05, 0) is 36.3 Å². The van der Waals surface area contributed by atoms with Crippen LogP contribution in [0.4, 0.5) is 0 Å². The molecule has 1 aromatic rings. The number of H-pyrrole nitrogens is 1. The quantitative estimate of drug-likeness (QED) is 0.298. The van der Waals surface area contributed by atoms with E-state index in [1.807, 2.05) is 0 Å². The van der Waals surface area contributed by atoms with Crippen molar-refractivity contribution in [2.24, 2.45) is 0 Å². The minimum absolute atomic E-state index is 0.0238. The Hall–Kier alpha value is -0.439. The summed E-state index contributed by atoms with van der Waals surface area (Å²) in [4.78, 5) is 28.5. The van der Waals surface area contributed by atoms with Gasteiger partial charge in [0.25, 0.3) is 5.56 Å². The Kier molecular flexibility index (Phi) is 9.37. The molecule has 206 valence electrons. The van der Waals surface area contributed by atoms with E-state index in [9.17, 15) is 9.59 Å². The van der Waals surface area contributed by atoms with Crippen molar-refractivity contribution < 1.29 is 13.6 Å². The van der Waals surface area contributed by atoms with Crippen LogP contribution in [0.3, 0.4) is 0 Å². The van der Waals surface area contributed by atoms with Gasteiger partial charge in [-0.1, -0.05) is 82.2 Å². The minimum Gasteiger partial charge on any atom is -0.469 e. The SMILES string of the molecule is CC(C)(C)[Si](C)(C)OC[C@H]1OC(n2c([Si](C)(C)CBr)cc(=O)[nH]c2=O)=C(Cl)[C@@H]1O[Si](C)(C)C(C)(C)C. The third-order valence-electron chi connectivity index (χ3n) is 7.87. The number of hydrogen-bond donors (Lipinski definition) is 1. The predicted molar refractivity (Wildman–Crippen MR) is 161 cm³/mol. The van der Waals surface area contributed by atoms with Gasteiger partial charge in [-0.3, -0.25) is 9.78 Å². The highest BCUT2D eigenvalue weighted by atomic mass is 79.9. The van der Waals surface area contributed by atoms with E-state index >= 15 is 0 Å². The fraction of sp³-hybridized carbons (Fsp3) is 0.750. The summed E-state index contributed by atoms with van der Waals surface area (Å²) in [6.07, 6.45) is -1.09. The van der Waals surface area contributed by atoms with Crippen LogP contribution in [-0.2, 0) is 13.6 Å². The smallest absolute Gasteiger partial charge is 0.335 e. The zero-order chi connectivity index (χ0) is 28.1. The molecule has 0 aromatic carbocycles. The van der Waals surface area contributed by atoms with Crippen molar-refractivity contribution in [1.82, 2.24) is 9.55 Å². The highest BCUT2D eigenvalue weighted by Gasteiger charge is 2.48. The van der Waals surface area contributed by atoms with E-state index in [0.717, 1.165) is 0 Å². The Morgan fingerprint density at radius 1 is 1.03 bits per heavy atom. The van der Waals surface area contributed by atoms with Crippen molar-refractivity contribution in [3.63, 3.8) is 0 Å². The van der Waals surface area contributed by atoms with Gasteiger partial charge in [-0.15, -0.1) is 0 Å². The molecule has 2 rings (SSSR count). The van der Waals surface area contributed by atoms with Crippen molar-refractivity contribution in [3.05, 3.63) is 31.9 Å². The first-order chi connectivity index (χ1) is 16.1. The van der Waals surface area contributed by atoms with Crippen LogP contribution in [0.15, 0.2) is 20.7 Å². The maximum atomic E-state index is 13.1. The molecule has 0 unspecified atom stereocenters. The summed E-state index contributed by atoms with van der Waals surface area (Å²) in [5, 5.41) is 0.940. The first-order valence-electron chi connectivity index (χ1n) is 12.4. The van der Waals surface area contributed by atoms with Crippen LogP contribution in [0.25, 0.3) is 5.88 Å². The molecule has 0 saturated carbocycles. The van der Waals surface area contributed by atoms with Gasteiger partial charge in [0.05, 0.1) is 6.61 Å². The van der Waals surface area contributed by atoms with Crippen LogP contribution in [0.2, 0.25) is 49.4 Å². The maximum Gasteiger partial charge on any atom is 0.335 e. The Bertz CT molecular complexity index is 1120. The third-order valence-corrected chi connectivity index (χ3v) is 23.8. The number of aromatic nitrogens is 2. The van der Waals surface area contributed by atoms with Crippen molar-refractivity contribution in [2.45, 2.75) is 103 Å². The molecule has 2 heterocycles. The van der Waals surface area contributed by atoms with Crippen LogP contribution in [0.1, 0.15) is 41.5 Å². The molecule has 1 aliphatic heterocycles. The van der Waals surface area contributed by atoms with Crippen LogP contribution in [0, 0.1) is 0 Å². The lowest BCUT2D eigenvalue weighted by Crippen LogP contribution is -2.55. The molecule has 0 saturated heterocycles. The summed E-state index contributed by atoms with van der Waals surface area (Å²) in [5.74, 6) is 0.224. The number of hydrogen-bond acceptors (Lipinski definition) is 5. The molecule has 0 aliphatic carbocycles. The zero-order valence-corrected chi connectivity index (χ0v) is 29.2. The van der Waals surface area contributed by atoms with Crippen molar-refractivity contribution in [3.8, 4) is 0 Å². The maximum absolute atomic E-state index is 13.1. The Labute approximate surface area is 232 Å².